The Balaban J connectivity index is 2.04. The van der Waals surface area contributed by atoms with Gasteiger partial charge in [-0.3, -0.25) is 14.3 Å². The zero-order chi connectivity index (χ0) is 23.2. The normalized spacial score (nSPS) is 11.6. The van der Waals surface area contributed by atoms with Gasteiger partial charge in [0, 0.05) is 11.3 Å². The Morgan fingerprint density at radius 2 is 1.71 bits per heavy atom. The molecule has 7 nitrogen and oxygen atoms in total. The summed E-state index contributed by atoms with van der Waals surface area (Å²) in [4.78, 5) is 23.2. The molecule has 0 saturated heterocycles. The Bertz CT molecular complexity index is 1050. The summed E-state index contributed by atoms with van der Waals surface area (Å²) in [5.74, 6) is -3.31. The van der Waals surface area contributed by atoms with Crippen LogP contribution in [0.15, 0.2) is 42.5 Å². The average Bonchev–Trinajstić information content (AvgIpc) is 2.67. The summed E-state index contributed by atoms with van der Waals surface area (Å²) in [5.41, 5.74) is -1.63. The minimum Gasteiger partial charge on any atom is -0.465 e. The van der Waals surface area contributed by atoms with Crippen LogP contribution >= 0.6 is 0 Å². The Morgan fingerprint density at radius 1 is 1.06 bits per heavy atom. The standard InChI is InChI=1S/C19H18F4N2O5S/c1-2-30-17(26)10-24-18(27)13-5-3-12(4-6-13)11-31(28,29)25-14-7-8-16(20)15(9-14)19(21,22)23/h3-9,25H,2,10-11H2,1H3,(H,24,27). The van der Waals surface area contributed by atoms with Gasteiger partial charge >= 0.3 is 12.1 Å². The Hall–Kier alpha value is -3.15. The lowest BCUT2D eigenvalue weighted by Crippen LogP contribution is -2.30. The third kappa shape index (κ3) is 7.24. The van der Waals surface area contributed by atoms with Gasteiger partial charge in [-0.05, 0) is 42.8 Å². The minimum absolute atomic E-state index is 0.159. The van der Waals surface area contributed by atoms with Crippen molar-refractivity contribution in [2.45, 2.75) is 18.9 Å². The number of alkyl halides is 3. The summed E-state index contributed by atoms with van der Waals surface area (Å²) in [5, 5.41) is 2.34. The van der Waals surface area contributed by atoms with Crippen LogP contribution in [0.2, 0.25) is 0 Å². The number of sulfonamides is 1. The molecule has 31 heavy (non-hydrogen) atoms. The summed E-state index contributed by atoms with van der Waals surface area (Å²) in [7, 11) is -4.13. The number of amides is 1. The molecule has 0 aliphatic rings. The number of benzene rings is 2. The third-order valence-electron chi connectivity index (χ3n) is 3.82. The topological polar surface area (TPSA) is 102 Å². The fourth-order valence-corrected chi connectivity index (χ4v) is 3.65. The molecule has 0 aromatic heterocycles. The average molecular weight is 462 g/mol. The zero-order valence-corrected chi connectivity index (χ0v) is 16.9. The molecule has 0 aliphatic carbocycles. The second-order valence-corrected chi connectivity index (χ2v) is 7.96. The van der Waals surface area contributed by atoms with Crippen LogP contribution in [0.25, 0.3) is 0 Å². The van der Waals surface area contributed by atoms with Gasteiger partial charge in [0.05, 0.1) is 17.9 Å². The van der Waals surface area contributed by atoms with Crippen molar-refractivity contribution in [3.05, 3.63) is 65.0 Å². The third-order valence-corrected chi connectivity index (χ3v) is 5.08. The van der Waals surface area contributed by atoms with Gasteiger partial charge in [0.1, 0.15) is 12.4 Å². The summed E-state index contributed by atoms with van der Waals surface area (Å²) < 4.78 is 82.8. The van der Waals surface area contributed by atoms with Crippen molar-refractivity contribution in [3.8, 4) is 0 Å². The number of anilines is 1. The molecule has 0 fully saturated rings. The number of rotatable bonds is 8. The molecule has 0 spiro atoms. The molecular formula is C19H18F4N2O5S. The van der Waals surface area contributed by atoms with Crippen molar-refractivity contribution in [3.63, 3.8) is 0 Å². The van der Waals surface area contributed by atoms with E-state index in [4.69, 9.17) is 0 Å². The lowest BCUT2D eigenvalue weighted by atomic mass is 10.1. The zero-order valence-electron chi connectivity index (χ0n) is 16.1. The van der Waals surface area contributed by atoms with Crippen LogP contribution in [0.4, 0.5) is 23.2 Å². The summed E-state index contributed by atoms with van der Waals surface area (Å²) in [6.45, 7) is 1.46. The molecule has 0 atom stereocenters. The molecule has 168 valence electrons. The van der Waals surface area contributed by atoms with Gasteiger partial charge in [0.25, 0.3) is 5.91 Å². The summed E-state index contributed by atoms with van der Waals surface area (Å²) >= 11 is 0. The van der Waals surface area contributed by atoms with E-state index in [2.05, 4.69) is 10.1 Å². The van der Waals surface area contributed by atoms with Gasteiger partial charge in [0.2, 0.25) is 10.0 Å². The smallest absolute Gasteiger partial charge is 0.419 e. The Labute approximate surface area is 175 Å². The van der Waals surface area contributed by atoms with Crippen molar-refractivity contribution in [1.82, 2.24) is 5.32 Å². The second kappa shape index (κ2) is 9.77. The highest BCUT2D eigenvalue weighted by Crippen LogP contribution is 2.33. The van der Waals surface area contributed by atoms with Gasteiger partial charge in [-0.25, -0.2) is 12.8 Å². The first-order valence-electron chi connectivity index (χ1n) is 8.81. The number of ether oxygens (including phenoxy) is 1. The van der Waals surface area contributed by atoms with Gasteiger partial charge in [0.15, 0.2) is 0 Å². The quantitative estimate of drug-likeness (QED) is 0.464. The van der Waals surface area contributed by atoms with E-state index < -0.39 is 50.9 Å². The first-order chi connectivity index (χ1) is 14.4. The highest BCUT2D eigenvalue weighted by Gasteiger charge is 2.34. The van der Waals surface area contributed by atoms with Gasteiger partial charge < -0.3 is 10.1 Å². The van der Waals surface area contributed by atoms with Crippen LogP contribution in [-0.2, 0) is 31.5 Å². The molecule has 2 N–H and O–H groups in total. The molecule has 0 unspecified atom stereocenters. The van der Waals surface area contributed by atoms with Crippen LogP contribution in [0.3, 0.4) is 0 Å². The van der Waals surface area contributed by atoms with E-state index in [-0.39, 0.29) is 24.3 Å². The molecule has 12 heteroatoms. The van der Waals surface area contributed by atoms with E-state index >= 15 is 0 Å². The largest absolute Gasteiger partial charge is 0.465 e. The second-order valence-electron chi connectivity index (χ2n) is 6.24. The summed E-state index contributed by atoms with van der Waals surface area (Å²) in [6.07, 6.45) is -4.98. The molecule has 0 radical (unpaired) electrons. The number of nitrogens with one attached hydrogen (secondary N) is 2. The van der Waals surface area contributed by atoms with Crippen LogP contribution in [0, 0.1) is 5.82 Å². The molecule has 0 aliphatic heterocycles. The van der Waals surface area contributed by atoms with E-state index in [0.29, 0.717) is 12.1 Å². The van der Waals surface area contributed by atoms with E-state index in [9.17, 15) is 35.6 Å². The van der Waals surface area contributed by atoms with Crippen molar-refractivity contribution in [1.29, 1.82) is 0 Å². The molecule has 2 aromatic carbocycles. The van der Waals surface area contributed by atoms with E-state index in [1.165, 1.54) is 24.3 Å². The lowest BCUT2D eigenvalue weighted by molar-refractivity contribution is -0.142. The molecule has 0 heterocycles. The Morgan fingerprint density at radius 3 is 2.29 bits per heavy atom. The predicted octanol–water partition coefficient (Wildman–Crippen LogP) is 3.08. The number of hydrogen-bond donors (Lipinski definition) is 2. The van der Waals surface area contributed by atoms with Gasteiger partial charge in [-0.1, -0.05) is 12.1 Å². The van der Waals surface area contributed by atoms with Crippen molar-refractivity contribution in [2.24, 2.45) is 0 Å². The summed E-state index contributed by atoms with van der Waals surface area (Å²) in [6, 6.07) is 7.08. The molecule has 0 bridgehead atoms. The van der Waals surface area contributed by atoms with Crippen LogP contribution < -0.4 is 10.0 Å². The lowest BCUT2D eigenvalue weighted by Gasteiger charge is -2.12. The van der Waals surface area contributed by atoms with E-state index in [1.54, 1.807) is 6.92 Å². The fourth-order valence-electron chi connectivity index (χ4n) is 2.46. The van der Waals surface area contributed by atoms with Crippen LogP contribution in [0.5, 0.6) is 0 Å². The van der Waals surface area contributed by atoms with E-state index in [0.717, 1.165) is 6.07 Å². The number of halogens is 4. The Kier molecular flexibility index (Phi) is 7.60. The van der Waals surface area contributed by atoms with Crippen LogP contribution in [-0.4, -0.2) is 33.4 Å². The molecular weight excluding hydrogens is 444 g/mol. The number of hydrogen-bond acceptors (Lipinski definition) is 5. The maximum atomic E-state index is 13.3. The highest BCUT2D eigenvalue weighted by atomic mass is 32.2. The monoisotopic (exact) mass is 462 g/mol. The van der Waals surface area contributed by atoms with Crippen molar-refractivity contribution < 1.29 is 40.3 Å². The maximum Gasteiger partial charge on any atom is 0.419 e. The van der Waals surface area contributed by atoms with Crippen molar-refractivity contribution in [2.75, 3.05) is 17.9 Å². The highest BCUT2D eigenvalue weighted by molar-refractivity contribution is 7.91. The maximum absolute atomic E-state index is 13.3. The minimum atomic E-state index is -4.98. The predicted molar refractivity (Wildman–Crippen MR) is 103 cm³/mol. The van der Waals surface area contributed by atoms with Crippen molar-refractivity contribution >= 4 is 27.6 Å². The van der Waals surface area contributed by atoms with Gasteiger partial charge in [-0.2, -0.15) is 13.2 Å². The van der Waals surface area contributed by atoms with Gasteiger partial charge in [-0.15, -0.1) is 0 Å². The number of carbonyl (C=O) groups is 2. The molecule has 2 rings (SSSR count). The molecule has 2 aromatic rings. The molecule has 1 amide bonds. The molecule has 0 saturated carbocycles. The first kappa shape index (κ1) is 24.1. The number of esters is 1. The van der Waals surface area contributed by atoms with E-state index in [1.807, 2.05) is 4.72 Å². The first-order valence-corrected chi connectivity index (χ1v) is 10.5. The number of carbonyl (C=O) groups excluding carboxylic acids is 2. The fraction of sp³-hybridized carbons (Fsp3) is 0.263. The SMILES string of the molecule is CCOC(=O)CNC(=O)c1ccc(CS(=O)(=O)Nc2ccc(F)c(C(F)(F)F)c2)cc1. The van der Waals surface area contributed by atoms with Crippen LogP contribution in [0.1, 0.15) is 28.4 Å².